The van der Waals surface area contributed by atoms with Crippen molar-refractivity contribution in [3.05, 3.63) is 65.2 Å². The van der Waals surface area contributed by atoms with Crippen LogP contribution in [0.2, 0.25) is 0 Å². The smallest absolute Gasteiger partial charge is 0.416 e. The van der Waals surface area contributed by atoms with E-state index in [0.29, 0.717) is 30.1 Å². The first kappa shape index (κ1) is 22.5. The lowest BCUT2D eigenvalue weighted by Gasteiger charge is -2.07. The molecule has 0 N–H and O–H groups in total. The predicted octanol–water partition coefficient (Wildman–Crippen LogP) is 5.44. The quantitative estimate of drug-likeness (QED) is 0.389. The average molecular weight is 407 g/mol. The number of hydrogen-bond acceptors (Lipinski definition) is 4. The van der Waals surface area contributed by atoms with Gasteiger partial charge in [0.15, 0.2) is 5.78 Å². The Morgan fingerprint density at radius 1 is 1.03 bits per heavy atom. The molecule has 2 aromatic carbocycles. The number of oxime groups is 1. The molecule has 0 radical (unpaired) electrons. The van der Waals surface area contributed by atoms with Crippen molar-refractivity contribution in [2.24, 2.45) is 11.1 Å². The van der Waals surface area contributed by atoms with E-state index in [4.69, 9.17) is 9.57 Å². The summed E-state index contributed by atoms with van der Waals surface area (Å²) in [4.78, 5) is 16.8. The van der Waals surface area contributed by atoms with E-state index in [2.05, 4.69) is 5.16 Å². The van der Waals surface area contributed by atoms with Gasteiger partial charge in [-0.05, 0) is 41.3 Å². The molecule has 2 aromatic rings. The molecular weight excluding hydrogens is 383 g/mol. The fourth-order valence-electron chi connectivity index (χ4n) is 2.50. The summed E-state index contributed by atoms with van der Waals surface area (Å²) in [5.74, 6) is 1.01. The Hall–Kier alpha value is -2.83. The number of carbonyl (C=O) groups excluding carboxylic acids is 1. The Morgan fingerprint density at radius 3 is 2.24 bits per heavy atom. The Labute approximate surface area is 168 Å². The number of ether oxygens (including phenoxy) is 1. The van der Waals surface area contributed by atoms with E-state index in [-0.39, 0.29) is 19.0 Å². The summed E-state index contributed by atoms with van der Waals surface area (Å²) in [6, 6.07) is 12.1. The normalized spacial score (nSPS) is 11.8. The second kappa shape index (κ2) is 10.6. The van der Waals surface area contributed by atoms with Crippen molar-refractivity contribution >= 4 is 12.0 Å². The van der Waals surface area contributed by atoms with E-state index < -0.39 is 11.7 Å². The molecule has 0 aliphatic carbocycles. The van der Waals surface area contributed by atoms with Gasteiger partial charge in [-0.3, -0.25) is 4.79 Å². The first-order valence-corrected chi connectivity index (χ1v) is 9.27. The number of halogens is 3. The van der Waals surface area contributed by atoms with Gasteiger partial charge in [-0.15, -0.1) is 0 Å². The lowest BCUT2D eigenvalue weighted by Crippen LogP contribution is -2.13. The molecule has 0 amide bonds. The number of Topliss-reactive ketones (excluding diaryl/α,β-unsaturated/α-hetero) is 1. The Bertz CT molecular complexity index is 798. The van der Waals surface area contributed by atoms with Crippen molar-refractivity contribution in [3.8, 4) is 5.75 Å². The molecule has 7 heteroatoms. The summed E-state index contributed by atoms with van der Waals surface area (Å²) in [5.41, 5.74) is 0.887. The summed E-state index contributed by atoms with van der Waals surface area (Å²) in [5, 5.41) is 3.82. The van der Waals surface area contributed by atoms with Crippen LogP contribution in [0.4, 0.5) is 13.2 Å². The Morgan fingerprint density at radius 2 is 1.66 bits per heavy atom. The van der Waals surface area contributed by atoms with Crippen LogP contribution in [-0.4, -0.2) is 18.6 Å². The number of rotatable bonds is 10. The van der Waals surface area contributed by atoms with Crippen molar-refractivity contribution in [3.63, 3.8) is 0 Å². The lowest BCUT2D eigenvalue weighted by atomic mass is 10.1. The van der Waals surface area contributed by atoms with Gasteiger partial charge in [0.2, 0.25) is 0 Å². The fraction of sp³-hybridized carbons (Fsp3) is 0.364. The van der Waals surface area contributed by atoms with Crippen LogP contribution in [0, 0.1) is 5.92 Å². The summed E-state index contributed by atoms with van der Waals surface area (Å²) >= 11 is 0. The highest BCUT2D eigenvalue weighted by atomic mass is 19.4. The number of benzene rings is 2. The topological polar surface area (TPSA) is 47.9 Å². The van der Waals surface area contributed by atoms with Gasteiger partial charge in [-0.1, -0.05) is 43.3 Å². The zero-order chi connectivity index (χ0) is 21.3. The van der Waals surface area contributed by atoms with Crippen LogP contribution in [-0.2, 0) is 28.8 Å². The van der Waals surface area contributed by atoms with Crippen molar-refractivity contribution in [1.82, 2.24) is 0 Å². The van der Waals surface area contributed by atoms with Gasteiger partial charge in [-0.2, -0.15) is 13.2 Å². The molecule has 0 aromatic heterocycles. The molecule has 29 heavy (non-hydrogen) atoms. The van der Waals surface area contributed by atoms with Crippen LogP contribution in [0.1, 0.15) is 37.0 Å². The fourth-order valence-corrected chi connectivity index (χ4v) is 2.50. The number of nitrogens with zero attached hydrogens (tertiary/aromatic N) is 1. The largest absolute Gasteiger partial charge is 0.486 e. The summed E-state index contributed by atoms with van der Waals surface area (Å²) < 4.78 is 43.0. The molecule has 0 saturated carbocycles. The molecule has 0 spiro atoms. The van der Waals surface area contributed by atoms with Crippen LogP contribution in [0.15, 0.2) is 53.7 Å². The zero-order valence-corrected chi connectivity index (χ0v) is 16.4. The minimum atomic E-state index is -4.35. The van der Waals surface area contributed by atoms with Crippen LogP contribution < -0.4 is 4.74 Å². The number of hydrogen-bond donors (Lipinski definition) is 0. The molecule has 0 aliphatic rings. The summed E-state index contributed by atoms with van der Waals surface area (Å²) in [6.07, 6.45) is -1.74. The standard InChI is InChI=1S/C22H24F3NO3/c1-16(2)13-20(27)15-28-21-9-5-17(6-10-21)11-12-26-29-14-18-3-7-19(8-4-18)22(23,24)25/h3-10,12,16H,11,13-15H2,1-2H3. The van der Waals surface area contributed by atoms with Crippen molar-refractivity contribution in [2.45, 2.75) is 39.5 Å². The first-order valence-electron chi connectivity index (χ1n) is 9.27. The van der Waals surface area contributed by atoms with Crippen LogP contribution >= 0.6 is 0 Å². The van der Waals surface area contributed by atoms with Gasteiger partial charge >= 0.3 is 6.18 Å². The van der Waals surface area contributed by atoms with E-state index in [9.17, 15) is 18.0 Å². The predicted molar refractivity (Wildman–Crippen MR) is 105 cm³/mol. The second-order valence-electron chi connectivity index (χ2n) is 7.03. The molecule has 156 valence electrons. The van der Waals surface area contributed by atoms with Gasteiger partial charge in [0, 0.05) is 19.1 Å². The van der Waals surface area contributed by atoms with Gasteiger partial charge in [0.25, 0.3) is 0 Å². The molecule has 0 atom stereocenters. The van der Waals surface area contributed by atoms with Crippen LogP contribution in [0.3, 0.4) is 0 Å². The van der Waals surface area contributed by atoms with Gasteiger partial charge in [0.1, 0.15) is 19.0 Å². The number of carbonyl (C=O) groups is 1. The molecule has 0 aliphatic heterocycles. The van der Waals surface area contributed by atoms with E-state index >= 15 is 0 Å². The molecule has 0 unspecified atom stereocenters. The highest BCUT2D eigenvalue weighted by molar-refractivity contribution is 5.80. The Balaban J connectivity index is 1.71. The maximum absolute atomic E-state index is 12.5. The highest BCUT2D eigenvalue weighted by Gasteiger charge is 2.29. The maximum atomic E-state index is 12.5. The SMILES string of the molecule is CC(C)CC(=O)COc1ccc(CC=NOCc2ccc(C(F)(F)F)cc2)cc1. The van der Waals surface area contributed by atoms with Gasteiger partial charge in [-0.25, -0.2) is 0 Å². The van der Waals surface area contributed by atoms with Crippen LogP contribution in [0.5, 0.6) is 5.75 Å². The molecular formula is C22H24F3NO3. The van der Waals surface area contributed by atoms with Gasteiger partial charge in [0.05, 0.1) is 5.56 Å². The minimum absolute atomic E-state index is 0.0662. The second-order valence-corrected chi connectivity index (χ2v) is 7.03. The zero-order valence-electron chi connectivity index (χ0n) is 16.4. The lowest BCUT2D eigenvalue weighted by molar-refractivity contribution is -0.137. The first-order chi connectivity index (χ1) is 13.7. The Kier molecular flexibility index (Phi) is 8.24. The molecule has 2 rings (SSSR count). The number of ketones is 1. The third-order valence-electron chi connectivity index (χ3n) is 3.95. The van der Waals surface area contributed by atoms with Crippen molar-refractivity contribution < 1.29 is 27.5 Å². The van der Waals surface area contributed by atoms with E-state index in [1.54, 1.807) is 18.3 Å². The van der Waals surface area contributed by atoms with E-state index in [1.807, 2.05) is 26.0 Å². The van der Waals surface area contributed by atoms with E-state index in [1.165, 1.54) is 12.1 Å². The van der Waals surface area contributed by atoms with Crippen LogP contribution in [0.25, 0.3) is 0 Å². The number of alkyl halides is 3. The summed E-state index contributed by atoms with van der Waals surface area (Å²) in [6.45, 7) is 4.13. The van der Waals surface area contributed by atoms with Crippen molar-refractivity contribution in [1.29, 1.82) is 0 Å². The third-order valence-corrected chi connectivity index (χ3v) is 3.95. The molecule has 4 nitrogen and oxygen atoms in total. The van der Waals surface area contributed by atoms with E-state index in [0.717, 1.165) is 17.7 Å². The minimum Gasteiger partial charge on any atom is -0.486 e. The van der Waals surface area contributed by atoms with Crippen molar-refractivity contribution in [2.75, 3.05) is 6.61 Å². The highest BCUT2D eigenvalue weighted by Crippen LogP contribution is 2.29. The average Bonchev–Trinajstić information content (AvgIpc) is 2.66. The van der Waals surface area contributed by atoms with Gasteiger partial charge < -0.3 is 9.57 Å². The molecule has 0 bridgehead atoms. The molecule has 0 saturated heterocycles. The monoisotopic (exact) mass is 407 g/mol. The maximum Gasteiger partial charge on any atom is 0.416 e. The molecule has 0 heterocycles. The molecule has 0 fully saturated rings. The summed E-state index contributed by atoms with van der Waals surface area (Å²) in [7, 11) is 0. The third kappa shape index (κ3) is 8.37.